The van der Waals surface area contributed by atoms with Crippen LogP contribution in [0.2, 0.25) is 0 Å². The van der Waals surface area contributed by atoms with E-state index >= 15 is 0 Å². The third-order valence-corrected chi connectivity index (χ3v) is 5.84. The Morgan fingerprint density at radius 2 is 2.03 bits per heavy atom. The van der Waals surface area contributed by atoms with Crippen molar-refractivity contribution in [2.75, 3.05) is 25.0 Å². The van der Waals surface area contributed by atoms with E-state index in [0.29, 0.717) is 30.9 Å². The highest BCUT2D eigenvalue weighted by Gasteiger charge is 2.31. The summed E-state index contributed by atoms with van der Waals surface area (Å²) in [6, 6.07) is 16.2. The zero-order valence-electron chi connectivity index (χ0n) is 18.2. The highest BCUT2D eigenvalue weighted by molar-refractivity contribution is 5.82. The molecule has 0 radical (unpaired) electrons. The number of nitrogens with zero attached hydrogens (tertiary/aromatic N) is 4. The van der Waals surface area contributed by atoms with Crippen LogP contribution in [-0.2, 0) is 17.9 Å². The molecule has 1 atom stereocenters. The quantitative estimate of drug-likeness (QED) is 0.550. The van der Waals surface area contributed by atoms with E-state index in [1.54, 1.807) is 16.7 Å². The van der Waals surface area contributed by atoms with E-state index in [9.17, 15) is 14.0 Å². The fraction of sp³-hybridized carbons (Fsp3) is 0.375. The molecule has 1 amide bonds. The molecule has 1 N–H and O–H groups in total. The first kappa shape index (κ1) is 21.8. The largest absolute Gasteiger partial charge is 0.375 e. The second kappa shape index (κ2) is 9.80. The first-order valence-electron chi connectivity index (χ1n) is 11.0. The van der Waals surface area contributed by atoms with Crippen LogP contribution >= 0.6 is 0 Å². The number of carbonyl (C=O) groups is 1. The van der Waals surface area contributed by atoms with E-state index in [4.69, 9.17) is 0 Å². The lowest BCUT2D eigenvalue weighted by atomic mass is 9.98. The monoisotopic (exact) mass is 437 g/mol. The van der Waals surface area contributed by atoms with E-state index in [2.05, 4.69) is 27.4 Å². The van der Waals surface area contributed by atoms with Gasteiger partial charge in [-0.3, -0.25) is 9.36 Å². The van der Waals surface area contributed by atoms with E-state index < -0.39 is 5.92 Å². The minimum absolute atomic E-state index is 0.101. The summed E-state index contributed by atoms with van der Waals surface area (Å²) in [7, 11) is 2.03. The van der Waals surface area contributed by atoms with Crippen molar-refractivity contribution in [2.45, 2.75) is 38.3 Å². The molecule has 0 bridgehead atoms. The normalized spacial score (nSPS) is 15.2. The number of para-hydroxylation sites is 1. The zero-order valence-corrected chi connectivity index (χ0v) is 18.2. The van der Waals surface area contributed by atoms with Crippen LogP contribution in [0.1, 0.15) is 36.6 Å². The van der Waals surface area contributed by atoms with E-state index in [-0.39, 0.29) is 24.0 Å². The Hall–Kier alpha value is -3.42. The van der Waals surface area contributed by atoms with Crippen LogP contribution in [0, 0.1) is 5.82 Å². The van der Waals surface area contributed by atoms with Gasteiger partial charge < -0.3 is 10.2 Å². The van der Waals surface area contributed by atoms with Crippen molar-refractivity contribution in [3.8, 4) is 0 Å². The number of benzene rings is 2. The lowest BCUT2D eigenvalue weighted by molar-refractivity contribution is -0.123. The predicted molar refractivity (Wildman–Crippen MR) is 121 cm³/mol. The summed E-state index contributed by atoms with van der Waals surface area (Å²) in [5, 5.41) is 7.46. The van der Waals surface area contributed by atoms with Crippen molar-refractivity contribution in [3.05, 3.63) is 82.3 Å². The topological polar surface area (TPSA) is 72.2 Å². The second-order valence-corrected chi connectivity index (χ2v) is 8.18. The summed E-state index contributed by atoms with van der Waals surface area (Å²) >= 11 is 0. The number of hydrogen-bond donors (Lipinski definition) is 1. The molecule has 1 aromatic heterocycles. The maximum atomic E-state index is 13.5. The Morgan fingerprint density at radius 1 is 1.22 bits per heavy atom. The average Bonchev–Trinajstić information content (AvgIpc) is 3.12. The second-order valence-electron chi connectivity index (χ2n) is 8.18. The van der Waals surface area contributed by atoms with Crippen molar-refractivity contribution in [1.29, 1.82) is 0 Å². The molecule has 4 rings (SSSR count). The smallest absolute Gasteiger partial charge is 0.346 e. The fourth-order valence-corrected chi connectivity index (χ4v) is 4.13. The number of carbonyl (C=O) groups excluding carboxylic acids is 1. The minimum Gasteiger partial charge on any atom is -0.375 e. The Balaban J connectivity index is 1.37. The van der Waals surface area contributed by atoms with Gasteiger partial charge in [0.05, 0.1) is 12.5 Å². The van der Waals surface area contributed by atoms with Crippen molar-refractivity contribution < 1.29 is 9.18 Å². The molecule has 1 aliphatic heterocycles. The number of anilines is 1. The van der Waals surface area contributed by atoms with Gasteiger partial charge in [0, 0.05) is 32.4 Å². The number of hydrogen-bond acceptors (Lipinski definition) is 4. The Kier molecular flexibility index (Phi) is 6.68. The van der Waals surface area contributed by atoms with Gasteiger partial charge in [0.15, 0.2) is 0 Å². The summed E-state index contributed by atoms with van der Waals surface area (Å²) in [4.78, 5) is 27.8. The van der Waals surface area contributed by atoms with Crippen LogP contribution in [0.4, 0.5) is 10.1 Å². The first-order chi connectivity index (χ1) is 15.5. The SMILES string of the molecule is CN(CCCNC(=O)C1CCCn2c1nn(Cc1cccc(F)c1)c2=O)c1ccccc1. The van der Waals surface area contributed by atoms with Gasteiger partial charge in [-0.15, -0.1) is 0 Å². The van der Waals surface area contributed by atoms with Crippen molar-refractivity contribution in [3.63, 3.8) is 0 Å². The average molecular weight is 438 g/mol. The Bertz CT molecular complexity index is 1120. The molecule has 0 aliphatic carbocycles. The van der Waals surface area contributed by atoms with Gasteiger partial charge in [-0.25, -0.2) is 13.9 Å². The summed E-state index contributed by atoms with van der Waals surface area (Å²) in [6.45, 7) is 2.10. The van der Waals surface area contributed by atoms with Gasteiger partial charge in [-0.1, -0.05) is 30.3 Å². The molecule has 1 unspecified atom stereocenters. The van der Waals surface area contributed by atoms with E-state index in [1.807, 2.05) is 25.2 Å². The molecule has 32 heavy (non-hydrogen) atoms. The summed E-state index contributed by atoms with van der Waals surface area (Å²) in [5.41, 5.74) is 1.54. The van der Waals surface area contributed by atoms with Gasteiger partial charge in [-0.05, 0) is 49.1 Å². The molecule has 2 aromatic carbocycles. The molecule has 2 heterocycles. The van der Waals surface area contributed by atoms with Gasteiger partial charge in [0.1, 0.15) is 11.6 Å². The summed E-state index contributed by atoms with van der Waals surface area (Å²) < 4.78 is 16.4. The maximum absolute atomic E-state index is 13.5. The Labute approximate surface area is 186 Å². The molecule has 1 aliphatic rings. The lowest BCUT2D eigenvalue weighted by Gasteiger charge is -2.22. The molecule has 0 fully saturated rings. The molecule has 0 saturated heterocycles. The Morgan fingerprint density at radius 3 is 2.81 bits per heavy atom. The van der Waals surface area contributed by atoms with Crippen LogP contribution < -0.4 is 15.9 Å². The van der Waals surface area contributed by atoms with Crippen molar-refractivity contribution >= 4 is 11.6 Å². The predicted octanol–water partition coefficient (Wildman–Crippen LogP) is 2.75. The number of amides is 1. The highest BCUT2D eigenvalue weighted by atomic mass is 19.1. The van der Waals surface area contributed by atoms with Crippen molar-refractivity contribution in [2.24, 2.45) is 0 Å². The van der Waals surface area contributed by atoms with Crippen LogP contribution in [0.15, 0.2) is 59.4 Å². The van der Waals surface area contributed by atoms with Gasteiger partial charge in [0.25, 0.3) is 0 Å². The standard InChI is InChI=1S/C24H28FN5O2/c1-28(20-10-3-2-4-11-20)14-7-13-26-23(31)21-12-6-15-29-22(21)27-30(24(29)32)17-18-8-5-9-19(25)16-18/h2-5,8-11,16,21H,6-7,12-15,17H2,1H3,(H,26,31). The van der Waals surface area contributed by atoms with Crippen LogP contribution in [0.5, 0.6) is 0 Å². The minimum atomic E-state index is -0.447. The van der Waals surface area contributed by atoms with Gasteiger partial charge >= 0.3 is 5.69 Å². The number of halogens is 1. The number of rotatable bonds is 8. The lowest BCUT2D eigenvalue weighted by Crippen LogP contribution is -2.36. The highest BCUT2D eigenvalue weighted by Crippen LogP contribution is 2.24. The van der Waals surface area contributed by atoms with Gasteiger partial charge in [0.2, 0.25) is 5.91 Å². The first-order valence-corrected chi connectivity index (χ1v) is 11.0. The third kappa shape index (κ3) is 4.90. The molecule has 168 valence electrons. The number of nitrogens with one attached hydrogen (secondary N) is 1. The zero-order chi connectivity index (χ0) is 22.5. The molecule has 7 nitrogen and oxygen atoms in total. The number of aromatic nitrogens is 3. The molecule has 0 spiro atoms. The molecule has 8 heteroatoms. The van der Waals surface area contributed by atoms with Crippen LogP contribution in [0.25, 0.3) is 0 Å². The third-order valence-electron chi connectivity index (χ3n) is 5.84. The van der Waals surface area contributed by atoms with Crippen molar-refractivity contribution in [1.82, 2.24) is 19.7 Å². The maximum Gasteiger partial charge on any atom is 0.346 e. The van der Waals surface area contributed by atoms with E-state index in [0.717, 1.165) is 25.1 Å². The van der Waals surface area contributed by atoms with Crippen LogP contribution in [0.3, 0.4) is 0 Å². The summed E-state index contributed by atoms with van der Waals surface area (Å²) in [5.74, 6) is -0.403. The van der Waals surface area contributed by atoms with Gasteiger partial charge in [-0.2, -0.15) is 5.10 Å². The number of fused-ring (bicyclic) bond motifs is 1. The molecular formula is C24H28FN5O2. The fourth-order valence-electron chi connectivity index (χ4n) is 4.13. The summed E-state index contributed by atoms with van der Waals surface area (Å²) in [6.07, 6.45) is 2.21. The van der Waals surface area contributed by atoms with Crippen LogP contribution in [-0.4, -0.2) is 40.4 Å². The molecule has 0 saturated carbocycles. The molecular weight excluding hydrogens is 409 g/mol. The van der Waals surface area contributed by atoms with E-state index in [1.165, 1.54) is 16.8 Å². The molecule has 3 aromatic rings.